The number of methoxy groups -OCH3 is 3. The Balaban J connectivity index is 1.78. The average molecular weight is 361 g/mol. The summed E-state index contributed by atoms with van der Waals surface area (Å²) in [6.07, 6.45) is 3.52. The predicted molar refractivity (Wildman–Crippen MR) is 103 cm³/mol. The summed E-state index contributed by atoms with van der Waals surface area (Å²) in [4.78, 5) is 4.21. The number of rotatable bonds is 8. The molecule has 0 bridgehead atoms. The van der Waals surface area contributed by atoms with Crippen LogP contribution in [0.4, 0.5) is 5.82 Å². The van der Waals surface area contributed by atoms with Gasteiger partial charge in [0.2, 0.25) is 0 Å². The van der Waals surface area contributed by atoms with Gasteiger partial charge in [-0.15, -0.1) is 0 Å². The van der Waals surface area contributed by atoms with Crippen LogP contribution in [0.25, 0.3) is 0 Å². The Hall–Kier alpha value is -2.54. The van der Waals surface area contributed by atoms with Gasteiger partial charge in [0.05, 0.1) is 21.3 Å². The summed E-state index contributed by atoms with van der Waals surface area (Å²) >= 11 is 5.29. The Morgan fingerprint density at radius 3 is 2.52 bits per heavy atom. The van der Waals surface area contributed by atoms with Crippen LogP contribution in [0.3, 0.4) is 0 Å². The Kier molecular flexibility index (Phi) is 7.28. The zero-order chi connectivity index (χ0) is 18.1. The number of aromatic nitrogens is 1. The molecule has 1 aromatic heterocycles. The monoisotopic (exact) mass is 361 g/mol. The summed E-state index contributed by atoms with van der Waals surface area (Å²) in [6.45, 7) is 0.745. The fourth-order valence-corrected chi connectivity index (χ4v) is 2.53. The van der Waals surface area contributed by atoms with Crippen molar-refractivity contribution in [3.63, 3.8) is 0 Å². The van der Waals surface area contributed by atoms with E-state index in [9.17, 15) is 0 Å². The molecule has 0 unspecified atom stereocenters. The van der Waals surface area contributed by atoms with Crippen molar-refractivity contribution in [3.8, 4) is 17.2 Å². The number of thiocarbonyl (C=S) groups is 1. The van der Waals surface area contributed by atoms with E-state index in [0.29, 0.717) is 16.7 Å². The summed E-state index contributed by atoms with van der Waals surface area (Å²) < 4.78 is 15.8. The standard InChI is InChI=1S/C18H23N3O3S/c1-22-14-9-8-13(12-16(14)24-3)6-4-11-20-18(25)21-17-15(23-2)7-5-10-19-17/h5,7-10,12H,4,6,11H2,1-3H3,(H2,19,20,21,25). The van der Waals surface area contributed by atoms with E-state index in [-0.39, 0.29) is 0 Å². The molecule has 0 aliphatic heterocycles. The van der Waals surface area contributed by atoms with Crippen molar-refractivity contribution in [1.82, 2.24) is 10.3 Å². The van der Waals surface area contributed by atoms with Gasteiger partial charge in [0, 0.05) is 12.7 Å². The smallest absolute Gasteiger partial charge is 0.174 e. The van der Waals surface area contributed by atoms with E-state index in [4.69, 9.17) is 26.4 Å². The second-order valence-corrected chi connectivity index (χ2v) is 5.64. The first-order valence-electron chi connectivity index (χ1n) is 7.92. The number of aryl methyl sites for hydroxylation is 1. The van der Waals surface area contributed by atoms with E-state index in [1.807, 2.05) is 30.3 Å². The van der Waals surface area contributed by atoms with Crippen molar-refractivity contribution < 1.29 is 14.2 Å². The maximum atomic E-state index is 5.32. The van der Waals surface area contributed by atoms with Crippen LogP contribution in [0, 0.1) is 0 Å². The fourth-order valence-electron chi connectivity index (χ4n) is 2.33. The number of hydrogen-bond donors (Lipinski definition) is 2. The zero-order valence-electron chi connectivity index (χ0n) is 14.7. The Morgan fingerprint density at radius 2 is 1.80 bits per heavy atom. The molecule has 134 valence electrons. The lowest BCUT2D eigenvalue weighted by Gasteiger charge is -2.12. The van der Waals surface area contributed by atoms with E-state index in [0.717, 1.165) is 30.9 Å². The topological polar surface area (TPSA) is 64.6 Å². The molecular formula is C18H23N3O3S. The molecule has 1 heterocycles. The van der Waals surface area contributed by atoms with Crippen molar-refractivity contribution in [1.29, 1.82) is 0 Å². The second-order valence-electron chi connectivity index (χ2n) is 5.23. The summed E-state index contributed by atoms with van der Waals surface area (Å²) in [5.41, 5.74) is 1.18. The Bertz CT molecular complexity index is 710. The van der Waals surface area contributed by atoms with Crippen LogP contribution in [0.5, 0.6) is 17.2 Å². The first-order valence-corrected chi connectivity index (χ1v) is 8.33. The van der Waals surface area contributed by atoms with Gasteiger partial charge in [-0.2, -0.15) is 0 Å². The minimum atomic E-state index is 0.518. The summed E-state index contributed by atoms with van der Waals surface area (Å²) in [7, 11) is 4.87. The lowest BCUT2D eigenvalue weighted by molar-refractivity contribution is 0.354. The van der Waals surface area contributed by atoms with Gasteiger partial charge in [-0.25, -0.2) is 4.98 Å². The normalized spacial score (nSPS) is 10.0. The summed E-state index contributed by atoms with van der Waals surface area (Å²) in [5, 5.41) is 6.73. The SMILES string of the molecule is COc1ccc(CCCNC(=S)Nc2ncccc2OC)cc1OC. The zero-order valence-corrected chi connectivity index (χ0v) is 15.5. The quantitative estimate of drug-likeness (QED) is 0.553. The molecule has 2 rings (SSSR count). The largest absolute Gasteiger partial charge is 0.493 e. The number of nitrogens with zero attached hydrogens (tertiary/aromatic N) is 1. The molecule has 0 fully saturated rings. The van der Waals surface area contributed by atoms with Gasteiger partial charge in [0.15, 0.2) is 28.2 Å². The molecule has 0 amide bonds. The molecule has 0 radical (unpaired) electrons. The van der Waals surface area contributed by atoms with E-state index >= 15 is 0 Å². The predicted octanol–water partition coefficient (Wildman–Crippen LogP) is 3.03. The third-order valence-corrected chi connectivity index (χ3v) is 3.84. The van der Waals surface area contributed by atoms with Gasteiger partial charge >= 0.3 is 0 Å². The molecule has 2 N–H and O–H groups in total. The molecule has 2 aromatic rings. The first-order chi connectivity index (χ1) is 12.2. The van der Waals surface area contributed by atoms with Crippen molar-refractivity contribution in [2.24, 2.45) is 0 Å². The highest BCUT2D eigenvalue weighted by atomic mass is 32.1. The van der Waals surface area contributed by atoms with Gasteiger partial charge in [-0.05, 0) is 54.9 Å². The molecule has 25 heavy (non-hydrogen) atoms. The van der Waals surface area contributed by atoms with Crippen LogP contribution in [0.15, 0.2) is 36.5 Å². The molecule has 0 aliphatic carbocycles. The highest BCUT2D eigenvalue weighted by Crippen LogP contribution is 2.27. The molecule has 7 heteroatoms. The summed E-state index contributed by atoms with van der Waals surface area (Å²) in [6, 6.07) is 9.59. The Morgan fingerprint density at radius 1 is 1.04 bits per heavy atom. The van der Waals surface area contributed by atoms with Gasteiger partial charge < -0.3 is 24.8 Å². The summed E-state index contributed by atoms with van der Waals surface area (Å²) in [5.74, 6) is 2.73. The van der Waals surface area contributed by atoms with Gasteiger partial charge in [-0.1, -0.05) is 6.07 Å². The maximum absolute atomic E-state index is 5.32. The number of ether oxygens (including phenoxy) is 3. The highest BCUT2D eigenvalue weighted by Gasteiger charge is 2.06. The maximum Gasteiger partial charge on any atom is 0.174 e. The van der Waals surface area contributed by atoms with Crippen LogP contribution >= 0.6 is 12.2 Å². The van der Waals surface area contributed by atoms with Crippen LogP contribution in [-0.2, 0) is 6.42 Å². The molecule has 0 saturated carbocycles. The van der Waals surface area contributed by atoms with Crippen LogP contribution < -0.4 is 24.8 Å². The van der Waals surface area contributed by atoms with Crippen molar-refractivity contribution >= 4 is 23.1 Å². The average Bonchev–Trinajstić information content (AvgIpc) is 2.65. The molecule has 0 spiro atoms. The van der Waals surface area contributed by atoms with Gasteiger partial charge in [0.25, 0.3) is 0 Å². The lowest BCUT2D eigenvalue weighted by Crippen LogP contribution is -2.30. The van der Waals surface area contributed by atoms with Crippen LogP contribution in [0.1, 0.15) is 12.0 Å². The van der Waals surface area contributed by atoms with Crippen molar-refractivity contribution in [2.75, 3.05) is 33.2 Å². The highest BCUT2D eigenvalue weighted by molar-refractivity contribution is 7.80. The minimum Gasteiger partial charge on any atom is -0.493 e. The number of anilines is 1. The number of pyridine rings is 1. The van der Waals surface area contributed by atoms with Crippen LogP contribution in [-0.4, -0.2) is 38.0 Å². The number of nitrogens with one attached hydrogen (secondary N) is 2. The van der Waals surface area contributed by atoms with E-state index in [1.54, 1.807) is 27.5 Å². The Labute approximate surface area is 153 Å². The van der Waals surface area contributed by atoms with E-state index in [2.05, 4.69) is 15.6 Å². The lowest BCUT2D eigenvalue weighted by atomic mass is 10.1. The van der Waals surface area contributed by atoms with Gasteiger partial charge in [-0.3, -0.25) is 0 Å². The third-order valence-electron chi connectivity index (χ3n) is 3.60. The molecule has 0 atom stereocenters. The fraction of sp³-hybridized carbons (Fsp3) is 0.333. The second kappa shape index (κ2) is 9.68. The molecule has 0 saturated heterocycles. The van der Waals surface area contributed by atoms with Crippen LogP contribution in [0.2, 0.25) is 0 Å². The van der Waals surface area contributed by atoms with Crippen molar-refractivity contribution in [2.45, 2.75) is 12.8 Å². The van der Waals surface area contributed by atoms with E-state index < -0.39 is 0 Å². The molecule has 6 nitrogen and oxygen atoms in total. The first kappa shape index (κ1) is 18.8. The third kappa shape index (κ3) is 5.49. The molecular weight excluding hydrogens is 338 g/mol. The minimum absolute atomic E-state index is 0.518. The number of hydrogen-bond acceptors (Lipinski definition) is 5. The molecule has 1 aromatic carbocycles. The number of benzene rings is 1. The molecule has 0 aliphatic rings. The van der Waals surface area contributed by atoms with E-state index in [1.165, 1.54) is 5.56 Å². The van der Waals surface area contributed by atoms with Crippen molar-refractivity contribution in [3.05, 3.63) is 42.1 Å². The van der Waals surface area contributed by atoms with Gasteiger partial charge in [0.1, 0.15) is 0 Å².